The highest BCUT2D eigenvalue weighted by molar-refractivity contribution is 7.81. The van der Waals surface area contributed by atoms with E-state index in [9.17, 15) is 30.3 Å². The molecule has 17 heavy (non-hydrogen) atoms. The average Bonchev–Trinajstić information content (AvgIpc) is 2.66. The first-order valence-electron chi connectivity index (χ1n) is 4.41. The number of thiol groups is 1. The third kappa shape index (κ3) is 0.985. The maximum absolute atomic E-state index is 11.4. The lowest BCUT2D eigenvalue weighted by Gasteiger charge is -2.49. The number of fused-ring (bicyclic) bond motifs is 1. The Morgan fingerprint density at radius 1 is 1.24 bits per heavy atom. The van der Waals surface area contributed by atoms with E-state index in [1.165, 1.54) is 0 Å². The van der Waals surface area contributed by atoms with E-state index in [4.69, 9.17) is 10.8 Å². The fourth-order valence-corrected chi connectivity index (χ4v) is 2.43. The number of ketones is 1. The van der Waals surface area contributed by atoms with Gasteiger partial charge in [-0.25, -0.2) is 0 Å². The number of hydrogen-bond donors (Lipinski definition) is 8. The number of ether oxygens (including phenoxy) is 1. The Kier molecular flexibility index (Phi) is 2.18. The number of carbonyl (C=O) groups excluding carboxylic acids is 1. The summed E-state index contributed by atoms with van der Waals surface area (Å²) < 4.78 is 4.34. The van der Waals surface area contributed by atoms with Gasteiger partial charge in [-0.2, -0.15) is 0 Å². The number of Topliss-reactive ketones (excluding diaryl/α,β-unsaturated/α-hetero) is 1. The number of carbonyl (C=O) groups is 1. The van der Waals surface area contributed by atoms with Gasteiger partial charge in [0.15, 0.2) is 5.54 Å². The summed E-state index contributed by atoms with van der Waals surface area (Å²) in [4.78, 5) is 11.4. The molecular formula is C7H11NO8S. The van der Waals surface area contributed by atoms with Crippen LogP contribution in [0.4, 0.5) is 0 Å². The molecule has 9 nitrogen and oxygen atoms in total. The van der Waals surface area contributed by atoms with Crippen LogP contribution in [0.5, 0.6) is 0 Å². The van der Waals surface area contributed by atoms with Crippen molar-refractivity contribution in [2.75, 3.05) is 6.61 Å². The maximum Gasteiger partial charge on any atom is 0.261 e. The molecule has 8 N–H and O–H groups in total. The lowest BCUT2D eigenvalue weighted by atomic mass is 9.90. The van der Waals surface area contributed by atoms with E-state index in [1.54, 1.807) is 0 Å². The highest BCUT2D eigenvalue weighted by atomic mass is 32.1. The van der Waals surface area contributed by atoms with Crippen molar-refractivity contribution >= 4 is 18.4 Å². The van der Waals surface area contributed by atoms with Crippen LogP contribution in [0.1, 0.15) is 0 Å². The fraction of sp³-hybridized carbons (Fsp3) is 0.857. The van der Waals surface area contributed by atoms with E-state index in [-0.39, 0.29) is 0 Å². The molecule has 98 valence electrons. The minimum atomic E-state index is -3.60. The zero-order valence-electron chi connectivity index (χ0n) is 8.23. The summed E-state index contributed by atoms with van der Waals surface area (Å²) in [5, 5.41) is 54.0. The molecule has 0 aromatic heterocycles. The third-order valence-corrected chi connectivity index (χ3v) is 3.73. The highest BCUT2D eigenvalue weighted by Gasteiger charge is 2.97. The van der Waals surface area contributed by atoms with Gasteiger partial charge >= 0.3 is 0 Å². The number of aliphatic hydroxyl groups excluding tert-OH is 1. The lowest BCUT2D eigenvalue weighted by Crippen LogP contribution is -2.78. The summed E-state index contributed by atoms with van der Waals surface area (Å²) in [5.74, 6) is -8.22. The third-order valence-electron chi connectivity index (χ3n) is 3.28. The first kappa shape index (κ1) is 13.1. The van der Waals surface area contributed by atoms with E-state index in [2.05, 4.69) is 17.4 Å². The van der Waals surface area contributed by atoms with E-state index in [0.717, 1.165) is 0 Å². The SMILES string of the molecule is N[C@]12C(=O)[C@]1(O)C(O)(O)[C@](O)(CO)O[C@@]2(O)S. The van der Waals surface area contributed by atoms with Crippen LogP contribution in [-0.2, 0) is 9.53 Å². The molecule has 0 amide bonds. The van der Waals surface area contributed by atoms with Gasteiger partial charge in [-0.15, -0.1) is 12.6 Å². The summed E-state index contributed by atoms with van der Waals surface area (Å²) >= 11 is 3.43. The predicted molar refractivity (Wildman–Crippen MR) is 51.1 cm³/mol. The van der Waals surface area contributed by atoms with Gasteiger partial charge in [-0.3, -0.25) is 9.53 Å². The summed E-state index contributed by atoms with van der Waals surface area (Å²) in [6.45, 7) is -1.44. The zero-order chi connectivity index (χ0) is 13.5. The summed E-state index contributed by atoms with van der Waals surface area (Å²) in [6.07, 6.45) is 0. The van der Waals surface area contributed by atoms with Crippen LogP contribution in [0, 0.1) is 0 Å². The van der Waals surface area contributed by atoms with Gasteiger partial charge in [0, 0.05) is 0 Å². The van der Waals surface area contributed by atoms with Crippen LogP contribution in [0.2, 0.25) is 0 Å². The molecule has 1 aliphatic carbocycles. The summed E-state index contributed by atoms with van der Waals surface area (Å²) in [6, 6.07) is 0. The molecule has 4 atom stereocenters. The molecular weight excluding hydrogens is 258 g/mol. The van der Waals surface area contributed by atoms with Crippen LogP contribution >= 0.6 is 12.6 Å². The van der Waals surface area contributed by atoms with Crippen molar-refractivity contribution in [3.05, 3.63) is 0 Å². The molecule has 0 unspecified atom stereocenters. The van der Waals surface area contributed by atoms with Crippen LogP contribution in [0.3, 0.4) is 0 Å². The normalized spacial score (nSPS) is 56.6. The molecule has 1 aliphatic heterocycles. The standard InChI is InChI=1S/C7H11NO8S/c8-4-2(10)5(4,12)6(13,14)3(11,1-9)16-7(4,15)17/h9,11-15,17H,1,8H2/t3-,4+,5+,7+/m0/s1. The van der Waals surface area contributed by atoms with Crippen molar-refractivity contribution in [1.82, 2.24) is 0 Å². The van der Waals surface area contributed by atoms with E-state index < -0.39 is 40.2 Å². The van der Waals surface area contributed by atoms with Crippen LogP contribution in [0.25, 0.3) is 0 Å². The first-order valence-corrected chi connectivity index (χ1v) is 4.86. The largest absolute Gasteiger partial charge is 0.391 e. The number of rotatable bonds is 1. The van der Waals surface area contributed by atoms with Crippen LogP contribution in [-0.4, -0.2) is 70.9 Å². The molecule has 1 saturated heterocycles. The van der Waals surface area contributed by atoms with Gasteiger partial charge < -0.3 is 36.4 Å². The Morgan fingerprint density at radius 2 is 1.71 bits per heavy atom. The van der Waals surface area contributed by atoms with Crippen molar-refractivity contribution < 1.29 is 40.2 Å². The average molecular weight is 269 g/mol. The Bertz CT molecular complexity index is 413. The molecule has 1 saturated carbocycles. The fourth-order valence-electron chi connectivity index (χ4n) is 2.01. The van der Waals surface area contributed by atoms with Crippen molar-refractivity contribution in [2.45, 2.75) is 27.8 Å². The van der Waals surface area contributed by atoms with Gasteiger partial charge in [0.2, 0.25) is 16.5 Å². The summed E-state index contributed by atoms with van der Waals surface area (Å²) in [5.41, 5.74) is -0.441. The zero-order valence-corrected chi connectivity index (χ0v) is 9.13. The smallest absolute Gasteiger partial charge is 0.261 e. The Morgan fingerprint density at radius 3 is 2.12 bits per heavy atom. The van der Waals surface area contributed by atoms with Gasteiger partial charge in [0.05, 0.1) is 0 Å². The molecule has 10 heteroatoms. The van der Waals surface area contributed by atoms with E-state index in [1.807, 2.05) is 0 Å². The molecule has 2 rings (SSSR count). The minimum Gasteiger partial charge on any atom is -0.391 e. The van der Waals surface area contributed by atoms with Crippen molar-refractivity contribution in [1.29, 1.82) is 0 Å². The first-order chi connectivity index (χ1) is 7.42. The van der Waals surface area contributed by atoms with Gasteiger partial charge in [-0.1, -0.05) is 0 Å². The topological polar surface area (TPSA) is 174 Å². The van der Waals surface area contributed by atoms with E-state index in [0.29, 0.717) is 0 Å². The minimum absolute atomic E-state index is 1.39. The molecule has 2 aliphatic rings. The highest BCUT2D eigenvalue weighted by Crippen LogP contribution is 2.62. The molecule has 0 bridgehead atoms. The summed E-state index contributed by atoms with van der Waals surface area (Å²) in [7, 11) is 0. The Hall–Kier alpha value is -0.300. The molecule has 0 aromatic rings. The second kappa shape index (κ2) is 2.82. The second-order valence-corrected chi connectivity index (χ2v) is 4.78. The molecule has 0 aromatic carbocycles. The van der Waals surface area contributed by atoms with Crippen LogP contribution in [0.15, 0.2) is 0 Å². The quantitative estimate of drug-likeness (QED) is 0.171. The van der Waals surface area contributed by atoms with Gasteiger partial charge in [0.1, 0.15) is 6.61 Å². The van der Waals surface area contributed by atoms with Crippen molar-refractivity contribution in [3.8, 4) is 0 Å². The number of aliphatic hydroxyl groups is 6. The maximum atomic E-state index is 11.4. The Labute approximate surface area is 99.5 Å². The number of nitrogens with two attached hydrogens (primary N) is 1. The van der Waals surface area contributed by atoms with Crippen LogP contribution < -0.4 is 5.73 Å². The molecule has 0 spiro atoms. The molecule has 0 radical (unpaired) electrons. The molecule has 2 fully saturated rings. The van der Waals surface area contributed by atoms with Gasteiger partial charge in [0.25, 0.3) is 11.6 Å². The van der Waals surface area contributed by atoms with Crippen molar-refractivity contribution in [3.63, 3.8) is 0 Å². The lowest BCUT2D eigenvalue weighted by molar-refractivity contribution is -0.467. The van der Waals surface area contributed by atoms with Gasteiger partial charge in [-0.05, 0) is 0 Å². The number of hydrogen-bond acceptors (Lipinski definition) is 10. The Balaban J connectivity index is 2.63. The predicted octanol–water partition coefficient (Wildman–Crippen LogP) is -5.03. The van der Waals surface area contributed by atoms with Crippen molar-refractivity contribution in [2.24, 2.45) is 5.73 Å². The monoisotopic (exact) mass is 269 g/mol. The second-order valence-electron chi connectivity index (χ2n) is 4.17. The van der Waals surface area contributed by atoms with E-state index >= 15 is 0 Å². The molecule has 1 heterocycles.